The Morgan fingerprint density at radius 2 is 1.75 bits per heavy atom. The predicted molar refractivity (Wildman–Crippen MR) is 161 cm³/mol. The van der Waals surface area contributed by atoms with Gasteiger partial charge in [-0.3, -0.25) is 4.79 Å². The lowest BCUT2D eigenvalue weighted by Gasteiger charge is -2.34. The fraction of sp³-hybridized carbons (Fsp3) is 0.667. The Bertz CT molecular complexity index is 1380. The maximum Gasteiger partial charge on any atom is 0.408 e. The van der Waals surface area contributed by atoms with Crippen LogP contribution in [0.1, 0.15) is 83.2 Å². The molecule has 4 aliphatic rings. The summed E-state index contributed by atoms with van der Waals surface area (Å²) in [6.07, 6.45) is 9.15. The first-order chi connectivity index (χ1) is 21.4. The summed E-state index contributed by atoms with van der Waals surface area (Å²) < 4.78 is 17.7. The number of carbonyl (C=O) groups is 3. The van der Waals surface area contributed by atoms with Gasteiger partial charge in [0.05, 0.1) is 24.7 Å². The van der Waals surface area contributed by atoms with Crippen LogP contribution in [0, 0.1) is 17.8 Å². The number of hydrogen-bond donors (Lipinski definition) is 2. The van der Waals surface area contributed by atoms with Crippen molar-refractivity contribution in [2.45, 2.75) is 108 Å². The fourth-order valence-electron chi connectivity index (χ4n) is 7.48. The first-order valence-electron chi connectivity index (χ1n) is 16.4. The first kappa shape index (κ1) is 30.4. The van der Waals surface area contributed by atoms with Crippen molar-refractivity contribution >= 4 is 29.0 Å². The number of fused-ring (bicyclic) bond motifs is 5. The Morgan fingerprint density at radius 3 is 2.48 bits per heavy atom. The Labute approximate surface area is 258 Å². The van der Waals surface area contributed by atoms with Gasteiger partial charge in [0.2, 0.25) is 11.8 Å². The number of carbonyl (C=O) groups excluding carboxylic acids is 2. The molecule has 44 heavy (non-hydrogen) atoms. The lowest BCUT2D eigenvalue weighted by Crippen LogP contribution is -2.55. The van der Waals surface area contributed by atoms with Gasteiger partial charge < -0.3 is 29.5 Å². The Hall–Kier alpha value is -3.63. The topological polar surface area (TPSA) is 140 Å². The number of nitrogens with one attached hydrogen (secondary N) is 1. The third-order valence-electron chi connectivity index (χ3n) is 10.0. The van der Waals surface area contributed by atoms with Gasteiger partial charge in [-0.2, -0.15) is 0 Å². The van der Waals surface area contributed by atoms with Gasteiger partial charge in [-0.05, 0) is 68.9 Å². The van der Waals surface area contributed by atoms with Crippen LogP contribution in [0.5, 0.6) is 11.6 Å². The summed E-state index contributed by atoms with van der Waals surface area (Å²) in [4.78, 5) is 51.3. The molecule has 6 rings (SSSR count). The van der Waals surface area contributed by atoms with Gasteiger partial charge in [0.25, 0.3) is 0 Å². The van der Waals surface area contributed by atoms with Crippen molar-refractivity contribution in [3.05, 3.63) is 23.9 Å². The van der Waals surface area contributed by atoms with Crippen LogP contribution in [0.25, 0.3) is 11.0 Å². The SMILES string of the molecule is CC[C@@H]1[C@@H]2CN(C(=O)[C@H](C3CCCCC3)NC(=O)O[C@@H]3C[C@H]3CCCCCc3nc4ccc(OC)cc4nc3O2)[C@@H]1C(=O)O. The van der Waals surface area contributed by atoms with Gasteiger partial charge in [-0.1, -0.05) is 39.0 Å². The molecule has 3 fully saturated rings. The second-order valence-corrected chi connectivity index (χ2v) is 12.9. The molecule has 2 bridgehead atoms. The minimum Gasteiger partial charge on any atom is -0.497 e. The largest absolute Gasteiger partial charge is 0.497 e. The molecule has 6 atom stereocenters. The number of aliphatic carboxylic acids is 1. The second-order valence-electron chi connectivity index (χ2n) is 12.9. The van der Waals surface area contributed by atoms with Crippen LogP contribution in [-0.2, 0) is 20.7 Å². The van der Waals surface area contributed by atoms with Gasteiger partial charge in [0.15, 0.2) is 0 Å². The zero-order chi connectivity index (χ0) is 30.8. The van der Waals surface area contributed by atoms with Gasteiger partial charge in [-0.15, -0.1) is 0 Å². The number of carboxylic acids is 1. The Balaban J connectivity index is 1.36. The number of aromatic nitrogens is 2. The van der Waals surface area contributed by atoms with Crippen molar-refractivity contribution in [2.75, 3.05) is 13.7 Å². The summed E-state index contributed by atoms with van der Waals surface area (Å²) in [5, 5.41) is 13.3. The molecule has 1 aromatic heterocycles. The molecule has 11 heteroatoms. The van der Waals surface area contributed by atoms with Crippen LogP contribution in [0.4, 0.5) is 4.79 Å². The van der Waals surface area contributed by atoms with Crippen molar-refractivity contribution in [1.29, 1.82) is 0 Å². The van der Waals surface area contributed by atoms with E-state index in [1.54, 1.807) is 7.11 Å². The summed E-state index contributed by atoms with van der Waals surface area (Å²) in [6, 6.07) is 3.61. The number of hydrogen-bond acceptors (Lipinski definition) is 8. The number of nitrogens with zero attached hydrogens (tertiary/aromatic N) is 3. The van der Waals surface area contributed by atoms with Gasteiger partial charge >= 0.3 is 12.1 Å². The van der Waals surface area contributed by atoms with E-state index < -0.39 is 36.2 Å². The molecule has 2 amide bonds. The number of alkyl carbamates (subject to hydrolysis) is 1. The molecule has 11 nitrogen and oxygen atoms in total. The third kappa shape index (κ3) is 6.42. The molecular weight excluding hydrogens is 564 g/mol. The zero-order valence-electron chi connectivity index (χ0n) is 25.7. The van der Waals surface area contributed by atoms with Crippen LogP contribution in [0.15, 0.2) is 18.2 Å². The molecule has 2 aromatic rings. The minimum absolute atomic E-state index is 0.0770. The lowest BCUT2D eigenvalue weighted by atomic mass is 9.83. The van der Waals surface area contributed by atoms with Crippen molar-refractivity contribution < 1.29 is 33.7 Å². The summed E-state index contributed by atoms with van der Waals surface area (Å²) in [6.45, 7) is 1.99. The fourth-order valence-corrected chi connectivity index (χ4v) is 7.48. The number of aryl methyl sites for hydroxylation is 1. The molecule has 0 spiro atoms. The van der Waals surface area contributed by atoms with E-state index >= 15 is 0 Å². The number of methoxy groups -OCH3 is 1. The number of rotatable bonds is 4. The summed E-state index contributed by atoms with van der Waals surface area (Å²) in [7, 11) is 1.60. The highest BCUT2D eigenvalue weighted by Gasteiger charge is 2.51. The molecule has 1 saturated heterocycles. The molecule has 0 unspecified atom stereocenters. The molecule has 1 aromatic carbocycles. The van der Waals surface area contributed by atoms with Crippen molar-refractivity contribution in [2.24, 2.45) is 17.8 Å². The smallest absolute Gasteiger partial charge is 0.408 e. The van der Waals surface area contributed by atoms with Crippen molar-refractivity contribution in [1.82, 2.24) is 20.2 Å². The lowest BCUT2D eigenvalue weighted by molar-refractivity contribution is -0.151. The van der Waals surface area contributed by atoms with E-state index in [1.807, 2.05) is 25.1 Å². The Kier molecular flexibility index (Phi) is 9.09. The number of ether oxygens (including phenoxy) is 3. The van der Waals surface area contributed by atoms with E-state index in [0.29, 0.717) is 35.9 Å². The molecule has 2 aliphatic heterocycles. The highest BCUT2D eigenvalue weighted by atomic mass is 16.6. The zero-order valence-corrected chi connectivity index (χ0v) is 25.7. The number of benzene rings is 1. The van der Waals surface area contributed by atoms with E-state index in [1.165, 1.54) is 4.90 Å². The van der Waals surface area contributed by atoms with Gasteiger partial charge in [0.1, 0.15) is 35.7 Å². The van der Waals surface area contributed by atoms with E-state index in [9.17, 15) is 19.5 Å². The molecule has 2 aliphatic carbocycles. The maximum atomic E-state index is 14.3. The first-order valence-corrected chi connectivity index (χ1v) is 16.4. The third-order valence-corrected chi connectivity index (χ3v) is 10.0. The highest BCUT2D eigenvalue weighted by molar-refractivity contribution is 5.90. The normalized spacial score (nSPS) is 30.2. The average Bonchev–Trinajstić information content (AvgIpc) is 3.65. The summed E-state index contributed by atoms with van der Waals surface area (Å²) in [5.74, 6) is -0.649. The average molecular weight is 609 g/mol. The van der Waals surface area contributed by atoms with E-state index in [-0.39, 0.29) is 24.5 Å². The summed E-state index contributed by atoms with van der Waals surface area (Å²) >= 11 is 0. The monoisotopic (exact) mass is 608 g/mol. The standard InChI is InChI=1S/C33H44N4O7/c1-3-22-27-18-37(29(22)32(39)40)31(38)28(19-10-6-4-7-11-19)36-33(41)44-26-16-20(26)12-8-5-9-13-24-30(43-27)35-25-17-21(42-2)14-15-23(25)34-24/h14-15,17,19-20,22,26-29H,3-13,16,18H2,1-2H3,(H,36,41)(H,39,40)/t20-,22-,26-,27+,28+,29+/m1/s1. The van der Waals surface area contributed by atoms with Crippen molar-refractivity contribution in [3.63, 3.8) is 0 Å². The second kappa shape index (κ2) is 13.2. The maximum absolute atomic E-state index is 14.3. The molecule has 0 radical (unpaired) electrons. The van der Waals surface area contributed by atoms with Crippen LogP contribution in [0.2, 0.25) is 0 Å². The number of carboxylic acid groups (broad SMARTS) is 1. The van der Waals surface area contributed by atoms with Crippen LogP contribution < -0.4 is 14.8 Å². The molecule has 3 heterocycles. The van der Waals surface area contributed by atoms with Gasteiger partial charge in [0, 0.05) is 12.0 Å². The molecule has 2 N–H and O–H groups in total. The van der Waals surface area contributed by atoms with Crippen molar-refractivity contribution in [3.8, 4) is 11.6 Å². The van der Waals surface area contributed by atoms with Gasteiger partial charge in [-0.25, -0.2) is 19.6 Å². The van der Waals surface area contributed by atoms with E-state index in [0.717, 1.165) is 75.4 Å². The van der Waals surface area contributed by atoms with Crippen LogP contribution in [0.3, 0.4) is 0 Å². The molecule has 2 saturated carbocycles. The highest BCUT2D eigenvalue weighted by Crippen LogP contribution is 2.39. The summed E-state index contributed by atoms with van der Waals surface area (Å²) in [5.41, 5.74) is 2.09. The molecular formula is C33H44N4O7. The van der Waals surface area contributed by atoms with E-state index in [2.05, 4.69) is 5.32 Å². The predicted octanol–water partition coefficient (Wildman–Crippen LogP) is 4.89. The number of amides is 2. The Morgan fingerprint density at radius 1 is 1.00 bits per heavy atom. The van der Waals surface area contributed by atoms with Crippen LogP contribution in [-0.4, -0.2) is 75.9 Å². The quantitative estimate of drug-likeness (QED) is 0.497. The molecule has 238 valence electrons. The van der Waals surface area contributed by atoms with E-state index in [4.69, 9.17) is 24.2 Å². The minimum atomic E-state index is -1.09. The van der Waals surface area contributed by atoms with Crippen LogP contribution >= 0.6 is 0 Å².